The van der Waals surface area contributed by atoms with Crippen molar-refractivity contribution in [2.24, 2.45) is 0 Å². The third-order valence-electron chi connectivity index (χ3n) is 5.04. The van der Waals surface area contributed by atoms with Gasteiger partial charge in [0.2, 0.25) is 5.91 Å². The number of phenolic OH excluding ortho intramolecular Hbond substituents is 1. The van der Waals surface area contributed by atoms with E-state index in [0.29, 0.717) is 36.3 Å². The Bertz CT molecular complexity index is 973. The molecule has 2 aliphatic heterocycles. The van der Waals surface area contributed by atoms with E-state index in [1.165, 1.54) is 23.1 Å². The molecule has 4 rings (SSSR count). The Morgan fingerprint density at radius 2 is 2.00 bits per heavy atom. The summed E-state index contributed by atoms with van der Waals surface area (Å²) in [5.41, 5.74) is 2.80. The fraction of sp³-hybridized carbons (Fsp3) is 0.238. The van der Waals surface area contributed by atoms with Crippen molar-refractivity contribution in [3.05, 3.63) is 65.5 Å². The first-order chi connectivity index (χ1) is 13.5. The lowest BCUT2D eigenvalue weighted by atomic mass is 10.00. The van der Waals surface area contributed by atoms with Gasteiger partial charge in [0.15, 0.2) is 0 Å². The smallest absolute Gasteiger partial charge is 0.322 e. The number of para-hydroxylation sites is 1. The number of carbonyl (C=O) groups excluding carboxylic acids is 2. The summed E-state index contributed by atoms with van der Waals surface area (Å²) in [6.07, 6.45) is 2.70. The Balaban J connectivity index is 1.45. The molecule has 0 atom stereocenters. The Labute approximate surface area is 161 Å². The van der Waals surface area contributed by atoms with Crippen molar-refractivity contribution in [1.82, 2.24) is 9.80 Å². The van der Waals surface area contributed by atoms with Gasteiger partial charge in [0.25, 0.3) is 0 Å². The van der Waals surface area contributed by atoms with E-state index < -0.39 is 0 Å². The fourth-order valence-corrected chi connectivity index (χ4v) is 3.57. The van der Waals surface area contributed by atoms with Crippen LogP contribution in [-0.4, -0.2) is 46.5 Å². The van der Waals surface area contributed by atoms with Crippen LogP contribution in [-0.2, 0) is 11.3 Å². The molecule has 0 aliphatic carbocycles. The molecule has 2 aliphatic rings. The average Bonchev–Trinajstić information content (AvgIpc) is 2.69. The third-order valence-corrected chi connectivity index (χ3v) is 5.04. The first kappa shape index (κ1) is 18.0. The quantitative estimate of drug-likeness (QED) is 0.858. The molecule has 0 saturated carbocycles. The summed E-state index contributed by atoms with van der Waals surface area (Å²) >= 11 is 0. The van der Waals surface area contributed by atoms with Gasteiger partial charge in [-0.15, -0.1) is 0 Å². The minimum atomic E-state index is -0.380. The van der Waals surface area contributed by atoms with Gasteiger partial charge in [-0.25, -0.2) is 9.18 Å². The van der Waals surface area contributed by atoms with Crippen LogP contribution in [0.5, 0.6) is 5.75 Å². The summed E-state index contributed by atoms with van der Waals surface area (Å²) in [6.45, 7) is 1.02. The highest BCUT2D eigenvalue weighted by Gasteiger charge is 2.28. The third kappa shape index (κ3) is 3.55. The van der Waals surface area contributed by atoms with Crippen molar-refractivity contribution in [1.29, 1.82) is 0 Å². The number of amides is 3. The molecule has 0 aromatic heterocycles. The van der Waals surface area contributed by atoms with Gasteiger partial charge >= 0.3 is 6.03 Å². The summed E-state index contributed by atoms with van der Waals surface area (Å²) in [6, 6.07) is 10.8. The van der Waals surface area contributed by atoms with E-state index in [2.05, 4.69) is 5.32 Å². The molecule has 2 aromatic carbocycles. The zero-order valence-electron chi connectivity index (χ0n) is 15.2. The molecule has 0 radical (unpaired) electrons. The molecular formula is C21H20FN3O3. The van der Waals surface area contributed by atoms with Crippen LogP contribution in [0.15, 0.2) is 48.5 Å². The Hall–Kier alpha value is -3.35. The van der Waals surface area contributed by atoms with Crippen LogP contribution < -0.4 is 5.32 Å². The molecular weight excluding hydrogens is 361 g/mol. The van der Waals surface area contributed by atoms with Gasteiger partial charge in [-0.1, -0.05) is 24.3 Å². The fourth-order valence-electron chi connectivity index (χ4n) is 3.57. The predicted octanol–water partition coefficient (Wildman–Crippen LogP) is 3.19. The minimum Gasteiger partial charge on any atom is -0.507 e. The van der Waals surface area contributed by atoms with E-state index in [9.17, 15) is 19.1 Å². The number of aromatic hydroxyl groups is 1. The van der Waals surface area contributed by atoms with E-state index in [0.717, 1.165) is 5.57 Å². The molecule has 6 nitrogen and oxygen atoms in total. The van der Waals surface area contributed by atoms with Gasteiger partial charge in [0.05, 0.1) is 6.54 Å². The molecule has 28 heavy (non-hydrogen) atoms. The lowest BCUT2D eigenvalue weighted by Crippen LogP contribution is -2.47. The van der Waals surface area contributed by atoms with Crippen LogP contribution in [0.25, 0.3) is 5.57 Å². The van der Waals surface area contributed by atoms with Crippen molar-refractivity contribution < 1.29 is 19.1 Å². The molecule has 2 aromatic rings. The lowest BCUT2D eigenvalue weighted by Gasteiger charge is -2.33. The first-order valence-corrected chi connectivity index (χ1v) is 9.11. The Kier molecular flexibility index (Phi) is 4.73. The minimum absolute atomic E-state index is 0.0875. The van der Waals surface area contributed by atoms with Gasteiger partial charge in [0, 0.05) is 24.3 Å². The number of urea groups is 1. The molecule has 2 N–H and O–H groups in total. The number of hydrogen-bond donors (Lipinski definition) is 2. The highest BCUT2D eigenvalue weighted by molar-refractivity contribution is 5.95. The standard InChI is InChI=1S/C21H20FN3O3/c22-16-7-8-18-15(10-16)12-25(21(28)23-18)13-20(27)24-9-3-4-14(11-24)17-5-1-2-6-19(17)26/h1-2,4-8,10,26H,3,9,11-13H2,(H,23,28). The zero-order valence-corrected chi connectivity index (χ0v) is 15.2. The van der Waals surface area contributed by atoms with Crippen LogP contribution in [0, 0.1) is 5.82 Å². The van der Waals surface area contributed by atoms with Crippen LogP contribution in [0.2, 0.25) is 0 Å². The maximum atomic E-state index is 13.5. The average molecular weight is 381 g/mol. The Morgan fingerprint density at radius 1 is 1.18 bits per heavy atom. The van der Waals surface area contributed by atoms with Gasteiger partial charge in [-0.05, 0) is 41.8 Å². The van der Waals surface area contributed by atoms with E-state index in [-0.39, 0.29) is 36.6 Å². The highest BCUT2D eigenvalue weighted by atomic mass is 19.1. The van der Waals surface area contributed by atoms with Crippen molar-refractivity contribution in [2.75, 3.05) is 25.0 Å². The SMILES string of the molecule is O=C(CN1Cc2cc(F)ccc2NC1=O)N1CCC=C(c2ccccc2O)C1. The zero-order chi connectivity index (χ0) is 19.7. The first-order valence-electron chi connectivity index (χ1n) is 9.11. The second-order valence-corrected chi connectivity index (χ2v) is 6.94. The number of anilines is 1. The van der Waals surface area contributed by atoms with Gasteiger partial charge < -0.3 is 20.2 Å². The molecule has 7 heteroatoms. The topological polar surface area (TPSA) is 72.9 Å². The van der Waals surface area contributed by atoms with Gasteiger partial charge in [-0.2, -0.15) is 0 Å². The molecule has 0 unspecified atom stereocenters. The van der Waals surface area contributed by atoms with Crippen LogP contribution in [0.4, 0.5) is 14.9 Å². The van der Waals surface area contributed by atoms with Crippen molar-refractivity contribution in [3.8, 4) is 5.75 Å². The molecule has 2 heterocycles. The summed E-state index contributed by atoms with van der Waals surface area (Å²) in [7, 11) is 0. The monoisotopic (exact) mass is 381 g/mol. The summed E-state index contributed by atoms with van der Waals surface area (Å²) < 4.78 is 13.5. The lowest BCUT2D eigenvalue weighted by molar-refractivity contribution is -0.131. The van der Waals surface area contributed by atoms with E-state index in [4.69, 9.17) is 0 Å². The van der Waals surface area contributed by atoms with Crippen molar-refractivity contribution in [3.63, 3.8) is 0 Å². The van der Waals surface area contributed by atoms with Crippen molar-refractivity contribution in [2.45, 2.75) is 13.0 Å². The van der Waals surface area contributed by atoms with E-state index in [1.807, 2.05) is 18.2 Å². The summed E-state index contributed by atoms with van der Waals surface area (Å²) in [5.74, 6) is -0.386. The second-order valence-electron chi connectivity index (χ2n) is 6.94. The van der Waals surface area contributed by atoms with Gasteiger partial charge in [-0.3, -0.25) is 4.79 Å². The molecule has 0 spiro atoms. The summed E-state index contributed by atoms with van der Waals surface area (Å²) in [4.78, 5) is 28.1. The van der Waals surface area contributed by atoms with Crippen LogP contribution in [0.3, 0.4) is 0 Å². The normalized spacial score (nSPS) is 16.3. The molecule has 3 amide bonds. The number of rotatable bonds is 3. The number of nitrogens with one attached hydrogen (secondary N) is 1. The van der Waals surface area contributed by atoms with E-state index >= 15 is 0 Å². The van der Waals surface area contributed by atoms with Crippen molar-refractivity contribution >= 4 is 23.2 Å². The summed E-state index contributed by atoms with van der Waals surface area (Å²) in [5, 5.41) is 12.8. The maximum absolute atomic E-state index is 13.5. The number of benzene rings is 2. The second kappa shape index (κ2) is 7.34. The predicted molar refractivity (Wildman–Crippen MR) is 103 cm³/mol. The van der Waals surface area contributed by atoms with Crippen LogP contribution >= 0.6 is 0 Å². The number of hydrogen-bond acceptors (Lipinski definition) is 3. The molecule has 0 bridgehead atoms. The number of nitrogens with zero attached hydrogens (tertiary/aromatic N) is 2. The molecule has 144 valence electrons. The number of phenols is 1. The van der Waals surface area contributed by atoms with Crippen LogP contribution in [0.1, 0.15) is 17.5 Å². The molecule has 0 saturated heterocycles. The maximum Gasteiger partial charge on any atom is 0.322 e. The van der Waals surface area contributed by atoms with E-state index in [1.54, 1.807) is 17.0 Å². The Morgan fingerprint density at radius 3 is 2.82 bits per heavy atom. The largest absolute Gasteiger partial charge is 0.507 e. The van der Waals surface area contributed by atoms with Gasteiger partial charge in [0.1, 0.15) is 18.1 Å². The number of fused-ring (bicyclic) bond motifs is 1. The number of carbonyl (C=O) groups is 2. The number of halogens is 1. The molecule has 0 fully saturated rings. The highest BCUT2D eigenvalue weighted by Crippen LogP contribution is 2.28.